The second kappa shape index (κ2) is 3.26. The van der Waals surface area contributed by atoms with E-state index in [0.29, 0.717) is 17.8 Å². The summed E-state index contributed by atoms with van der Waals surface area (Å²) < 4.78 is 18.7. The molecular formula is C12H15FO. The summed E-state index contributed by atoms with van der Waals surface area (Å²) in [6.07, 6.45) is 2.39. The lowest BCUT2D eigenvalue weighted by molar-refractivity contribution is 0.237. The van der Waals surface area contributed by atoms with Crippen LogP contribution >= 0.6 is 0 Å². The number of hydrogen-bond acceptors (Lipinski definition) is 1. The van der Waals surface area contributed by atoms with Crippen molar-refractivity contribution in [2.24, 2.45) is 5.41 Å². The molecule has 0 amide bonds. The van der Waals surface area contributed by atoms with Crippen molar-refractivity contribution in [3.05, 3.63) is 29.6 Å². The maximum Gasteiger partial charge on any atom is 0.165 e. The lowest BCUT2D eigenvalue weighted by Gasteiger charge is -2.11. The monoisotopic (exact) mass is 194 g/mol. The minimum absolute atomic E-state index is 0.264. The lowest BCUT2D eigenvalue weighted by Crippen LogP contribution is -2.09. The van der Waals surface area contributed by atoms with Crippen molar-refractivity contribution in [3.8, 4) is 5.75 Å². The van der Waals surface area contributed by atoms with Crippen LogP contribution in [-0.2, 0) is 0 Å². The fourth-order valence-electron chi connectivity index (χ4n) is 1.33. The Morgan fingerprint density at radius 1 is 1.43 bits per heavy atom. The summed E-state index contributed by atoms with van der Waals surface area (Å²) in [6.45, 7) is 4.74. The number of hydrogen-bond donors (Lipinski definition) is 0. The lowest BCUT2D eigenvalue weighted by atomic mass is 10.2. The van der Waals surface area contributed by atoms with Gasteiger partial charge in [-0.25, -0.2) is 4.39 Å². The zero-order valence-electron chi connectivity index (χ0n) is 8.64. The molecule has 1 aliphatic carbocycles. The maximum absolute atomic E-state index is 13.2. The van der Waals surface area contributed by atoms with E-state index >= 15 is 0 Å². The van der Waals surface area contributed by atoms with Crippen molar-refractivity contribution < 1.29 is 9.13 Å². The molecule has 0 bridgehead atoms. The summed E-state index contributed by atoms with van der Waals surface area (Å²) in [5, 5.41) is 0. The van der Waals surface area contributed by atoms with E-state index in [4.69, 9.17) is 4.74 Å². The number of benzene rings is 1. The molecule has 1 nitrogen and oxygen atoms in total. The SMILES string of the molecule is Cc1ccc(F)c(OCC2(C)CC2)c1. The van der Waals surface area contributed by atoms with Gasteiger partial charge in [-0.05, 0) is 37.5 Å². The molecule has 0 spiro atoms. The summed E-state index contributed by atoms with van der Waals surface area (Å²) >= 11 is 0. The first kappa shape index (κ1) is 9.50. The molecule has 76 valence electrons. The van der Waals surface area contributed by atoms with Crippen LogP contribution < -0.4 is 4.74 Å². The predicted octanol–water partition coefficient (Wildman–Crippen LogP) is 3.31. The molecule has 0 saturated heterocycles. The third-order valence-electron chi connectivity index (χ3n) is 2.77. The van der Waals surface area contributed by atoms with Crippen LogP contribution in [0.5, 0.6) is 5.75 Å². The van der Waals surface area contributed by atoms with Crippen LogP contribution in [0.15, 0.2) is 18.2 Å². The van der Waals surface area contributed by atoms with Gasteiger partial charge in [0, 0.05) is 5.41 Å². The molecule has 1 fully saturated rings. The van der Waals surface area contributed by atoms with Gasteiger partial charge < -0.3 is 4.74 Å². The topological polar surface area (TPSA) is 9.23 Å². The molecule has 0 heterocycles. The molecule has 0 unspecified atom stereocenters. The highest BCUT2D eigenvalue weighted by molar-refractivity contribution is 5.29. The average Bonchev–Trinajstić information content (AvgIpc) is 2.87. The zero-order chi connectivity index (χ0) is 10.2. The van der Waals surface area contributed by atoms with Crippen molar-refractivity contribution in [1.82, 2.24) is 0 Å². The molecule has 1 aromatic rings. The summed E-state index contributed by atoms with van der Waals surface area (Å²) in [7, 11) is 0. The van der Waals surface area contributed by atoms with Gasteiger partial charge in [0.05, 0.1) is 6.61 Å². The second-order valence-corrected chi connectivity index (χ2v) is 4.53. The largest absolute Gasteiger partial charge is 0.490 e. The van der Waals surface area contributed by atoms with E-state index < -0.39 is 0 Å². The van der Waals surface area contributed by atoms with Crippen molar-refractivity contribution in [1.29, 1.82) is 0 Å². The molecule has 0 N–H and O–H groups in total. The molecular weight excluding hydrogens is 179 g/mol. The van der Waals surface area contributed by atoms with Crippen LogP contribution in [0.4, 0.5) is 4.39 Å². The zero-order valence-corrected chi connectivity index (χ0v) is 8.64. The number of rotatable bonds is 3. The van der Waals surface area contributed by atoms with E-state index in [0.717, 1.165) is 5.56 Å². The van der Waals surface area contributed by atoms with Gasteiger partial charge in [0.25, 0.3) is 0 Å². The first-order chi connectivity index (χ1) is 6.59. The average molecular weight is 194 g/mol. The van der Waals surface area contributed by atoms with E-state index in [9.17, 15) is 4.39 Å². The summed E-state index contributed by atoms with van der Waals surface area (Å²) in [6, 6.07) is 4.96. The third-order valence-corrected chi connectivity index (χ3v) is 2.77. The highest BCUT2D eigenvalue weighted by Crippen LogP contribution is 2.45. The first-order valence-corrected chi connectivity index (χ1v) is 4.98. The maximum atomic E-state index is 13.2. The molecule has 2 heteroatoms. The normalized spacial score (nSPS) is 17.9. The van der Waals surface area contributed by atoms with Gasteiger partial charge in [-0.2, -0.15) is 0 Å². The standard InChI is InChI=1S/C12H15FO/c1-9-3-4-10(13)11(7-9)14-8-12(2)5-6-12/h3-4,7H,5-6,8H2,1-2H3. The first-order valence-electron chi connectivity index (χ1n) is 4.98. The molecule has 1 aliphatic rings. The minimum atomic E-state index is -0.264. The number of aryl methyl sites for hydroxylation is 1. The van der Waals surface area contributed by atoms with Crippen LogP contribution in [-0.4, -0.2) is 6.61 Å². The molecule has 1 saturated carbocycles. The van der Waals surface area contributed by atoms with E-state index in [2.05, 4.69) is 6.92 Å². The van der Waals surface area contributed by atoms with Gasteiger partial charge in [0.1, 0.15) is 0 Å². The third kappa shape index (κ3) is 2.06. The quantitative estimate of drug-likeness (QED) is 0.717. The van der Waals surface area contributed by atoms with Crippen LogP contribution in [0.3, 0.4) is 0 Å². The van der Waals surface area contributed by atoms with E-state index in [1.165, 1.54) is 18.9 Å². The van der Waals surface area contributed by atoms with E-state index in [1.54, 1.807) is 12.1 Å². The Morgan fingerprint density at radius 3 is 2.79 bits per heavy atom. The highest BCUT2D eigenvalue weighted by Gasteiger charge is 2.38. The fraction of sp³-hybridized carbons (Fsp3) is 0.500. The smallest absolute Gasteiger partial charge is 0.165 e. The molecule has 1 aromatic carbocycles. The van der Waals surface area contributed by atoms with Crippen molar-refractivity contribution in [3.63, 3.8) is 0 Å². The molecule has 0 aromatic heterocycles. The summed E-state index contributed by atoms with van der Waals surface area (Å²) in [4.78, 5) is 0. The van der Waals surface area contributed by atoms with E-state index in [-0.39, 0.29) is 5.82 Å². The molecule has 0 atom stereocenters. The Morgan fingerprint density at radius 2 is 2.14 bits per heavy atom. The summed E-state index contributed by atoms with van der Waals surface area (Å²) in [5.41, 5.74) is 1.33. The Hall–Kier alpha value is -1.05. The Bertz CT molecular complexity index is 342. The van der Waals surface area contributed by atoms with Gasteiger partial charge in [-0.15, -0.1) is 0 Å². The Labute approximate surface area is 83.9 Å². The van der Waals surface area contributed by atoms with Gasteiger partial charge >= 0.3 is 0 Å². The van der Waals surface area contributed by atoms with Gasteiger partial charge in [-0.1, -0.05) is 13.0 Å². The molecule has 2 rings (SSSR count). The van der Waals surface area contributed by atoms with E-state index in [1.807, 2.05) is 6.92 Å². The highest BCUT2D eigenvalue weighted by atomic mass is 19.1. The van der Waals surface area contributed by atoms with Crippen molar-refractivity contribution in [2.45, 2.75) is 26.7 Å². The van der Waals surface area contributed by atoms with Crippen LogP contribution in [0.1, 0.15) is 25.3 Å². The summed E-state index contributed by atoms with van der Waals surface area (Å²) in [5.74, 6) is 0.123. The van der Waals surface area contributed by atoms with Crippen molar-refractivity contribution >= 4 is 0 Å². The van der Waals surface area contributed by atoms with Gasteiger partial charge in [0.15, 0.2) is 11.6 Å². The Balaban J connectivity index is 2.04. The van der Waals surface area contributed by atoms with Crippen molar-refractivity contribution in [2.75, 3.05) is 6.61 Å². The van der Waals surface area contributed by atoms with Gasteiger partial charge in [-0.3, -0.25) is 0 Å². The second-order valence-electron chi connectivity index (χ2n) is 4.53. The van der Waals surface area contributed by atoms with Crippen LogP contribution in [0.2, 0.25) is 0 Å². The van der Waals surface area contributed by atoms with Crippen LogP contribution in [0, 0.1) is 18.2 Å². The van der Waals surface area contributed by atoms with Gasteiger partial charge in [0.2, 0.25) is 0 Å². The number of ether oxygens (including phenoxy) is 1. The predicted molar refractivity (Wildman–Crippen MR) is 54.0 cm³/mol. The Kier molecular flexibility index (Phi) is 2.22. The fourth-order valence-corrected chi connectivity index (χ4v) is 1.33. The molecule has 0 aliphatic heterocycles. The molecule has 0 radical (unpaired) electrons. The molecule has 14 heavy (non-hydrogen) atoms. The number of halogens is 1. The van der Waals surface area contributed by atoms with Crippen LogP contribution in [0.25, 0.3) is 0 Å². The minimum Gasteiger partial charge on any atom is -0.490 e.